The Morgan fingerprint density at radius 3 is 2.71 bits per heavy atom. The molecular formula is C26H28N4O4S. The van der Waals surface area contributed by atoms with Crippen LogP contribution >= 0.6 is 12.2 Å². The van der Waals surface area contributed by atoms with Gasteiger partial charge in [0, 0.05) is 37.9 Å². The highest BCUT2D eigenvalue weighted by atomic mass is 32.1. The number of pyridine rings is 1. The zero-order valence-electron chi connectivity index (χ0n) is 19.5. The summed E-state index contributed by atoms with van der Waals surface area (Å²) in [5.74, 6) is 0.534. The van der Waals surface area contributed by atoms with Crippen molar-refractivity contribution < 1.29 is 19.1 Å². The first kappa shape index (κ1) is 23.5. The molecule has 0 saturated carbocycles. The lowest BCUT2D eigenvalue weighted by molar-refractivity contribution is 0.0347. The van der Waals surface area contributed by atoms with Crippen molar-refractivity contribution >= 4 is 23.3 Å². The average molecular weight is 493 g/mol. The van der Waals surface area contributed by atoms with Crippen molar-refractivity contribution in [3.8, 4) is 11.3 Å². The molecule has 2 atom stereocenters. The predicted molar refractivity (Wildman–Crippen MR) is 135 cm³/mol. The Hall–Kier alpha value is -3.27. The van der Waals surface area contributed by atoms with Crippen LogP contribution in [0.3, 0.4) is 0 Å². The summed E-state index contributed by atoms with van der Waals surface area (Å²) in [6.07, 6.45) is 1.79. The number of aromatic nitrogens is 1. The summed E-state index contributed by atoms with van der Waals surface area (Å²) in [6, 6.07) is 14.5. The van der Waals surface area contributed by atoms with Crippen molar-refractivity contribution in [3.05, 3.63) is 77.3 Å². The zero-order chi connectivity index (χ0) is 24.4. The van der Waals surface area contributed by atoms with Crippen LogP contribution in [0.4, 0.5) is 0 Å². The fourth-order valence-corrected chi connectivity index (χ4v) is 5.09. The highest BCUT2D eigenvalue weighted by molar-refractivity contribution is 7.80. The van der Waals surface area contributed by atoms with E-state index in [0.29, 0.717) is 10.9 Å². The molecule has 182 valence electrons. The molecule has 35 heavy (non-hydrogen) atoms. The molecule has 0 unspecified atom stereocenters. The monoisotopic (exact) mass is 492 g/mol. The van der Waals surface area contributed by atoms with E-state index in [1.165, 1.54) is 0 Å². The molecule has 0 radical (unpaired) electrons. The van der Waals surface area contributed by atoms with Gasteiger partial charge in [-0.2, -0.15) is 0 Å². The number of furan rings is 1. The highest BCUT2D eigenvalue weighted by Crippen LogP contribution is 2.40. The first-order chi connectivity index (χ1) is 17.0. The number of benzene rings is 1. The Bertz CT molecular complexity index is 1210. The highest BCUT2D eigenvalue weighted by Gasteiger charge is 2.41. The minimum Gasteiger partial charge on any atom is -0.478 e. The van der Waals surface area contributed by atoms with Gasteiger partial charge < -0.3 is 24.5 Å². The van der Waals surface area contributed by atoms with E-state index in [1.54, 1.807) is 24.4 Å². The minimum atomic E-state index is -0.945. The molecule has 3 aromatic rings. The third kappa shape index (κ3) is 4.93. The van der Waals surface area contributed by atoms with Crippen LogP contribution in [-0.4, -0.2) is 70.4 Å². The van der Waals surface area contributed by atoms with E-state index < -0.39 is 5.97 Å². The fraction of sp³-hybridized carbons (Fsp3) is 0.346. The van der Waals surface area contributed by atoms with Gasteiger partial charge in [0.05, 0.1) is 30.5 Å². The molecule has 9 heteroatoms. The molecule has 2 saturated heterocycles. The second-order valence-electron chi connectivity index (χ2n) is 8.81. The molecular weight excluding hydrogens is 464 g/mol. The van der Waals surface area contributed by atoms with E-state index in [9.17, 15) is 9.90 Å². The summed E-state index contributed by atoms with van der Waals surface area (Å²) in [4.78, 5) is 20.5. The molecule has 2 aromatic heterocycles. The molecule has 0 bridgehead atoms. The lowest BCUT2D eigenvalue weighted by Crippen LogP contribution is -2.42. The molecule has 2 aliphatic rings. The molecule has 8 nitrogen and oxygen atoms in total. The molecule has 0 amide bonds. The van der Waals surface area contributed by atoms with E-state index in [0.717, 1.165) is 62.0 Å². The van der Waals surface area contributed by atoms with E-state index >= 15 is 0 Å². The normalized spacial score (nSPS) is 20.7. The number of thiocarbonyl (C=S) groups is 1. The summed E-state index contributed by atoms with van der Waals surface area (Å²) in [5.41, 5.74) is 2.86. The Labute approximate surface area is 209 Å². The number of ether oxygens (including phenoxy) is 1. The van der Waals surface area contributed by atoms with Crippen LogP contribution in [-0.2, 0) is 4.74 Å². The maximum absolute atomic E-state index is 11.3. The fourth-order valence-electron chi connectivity index (χ4n) is 4.76. The second kappa shape index (κ2) is 10.2. The number of aromatic carboxylic acids is 1. The van der Waals surface area contributed by atoms with Crippen LogP contribution in [0.5, 0.6) is 0 Å². The van der Waals surface area contributed by atoms with Gasteiger partial charge in [0.1, 0.15) is 17.6 Å². The van der Waals surface area contributed by atoms with Crippen molar-refractivity contribution in [2.24, 2.45) is 0 Å². The third-order valence-corrected chi connectivity index (χ3v) is 6.97. The molecule has 0 aliphatic carbocycles. The number of carboxylic acids is 1. The average Bonchev–Trinajstić information content (AvgIpc) is 3.48. The van der Waals surface area contributed by atoms with Gasteiger partial charge in [-0.1, -0.05) is 12.1 Å². The summed E-state index contributed by atoms with van der Waals surface area (Å²) in [7, 11) is 0. The molecule has 5 rings (SSSR count). The standard InChI is InChI=1S/C26H28N4O4S/c1-17-16-18(25(31)32)5-6-19(17)21-7-8-22(34-21)24-23(20-4-2-3-9-27-20)28-26(35)30(24)11-10-29-12-14-33-15-13-29/h2-9,16,23-24H,10-15H2,1H3,(H,28,35)(H,31,32)/t23-,24+/m1/s1. The van der Waals surface area contributed by atoms with Crippen LogP contribution < -0.4 is 5.32 Å². The molecule has 4 heterocycles. The third-order valence-electron chi connectivity index (χ3n) is 6.62. The van der Waals surface area contributed by atoms with E-state index in [2.05, 4.69) is 20.1 Å². The Balaban J connectivity index is 1.45. The summed E-state index contributed by atoms with van der Waals surface area (Å²) in [6.45, 7) is 6.86. The maximum Gasteiger partial charge on any atom is 0.335 e. The Kier molecular flexibility index (Phi) is 6.81. The van der Waals surface area contributed by atoms with E-state index in [4.69, 9.17) is 21.4 Å². The first-order valence-corrected chi connectivity index (χ1v) is 12.1. The number of nitrogens with one attached hydrogen (secondary N) is 1. The number of rotatable bonds is 7. The van der Waals surface area contributed by atoms with E-state index in [-0.39, 0.29) is 17.6 Å². The number of carbonyl (C=O) groups is 1. The van der Waals surface area contributed by atoms with Gasteiger partial charge in [-0.05, 0) is 61.1 Å². The number of morpholine rings is 1. The van der Waals surface area contributed by atoms with Gasteiger partial charge in [0.15, 0.2) is 5.11 Å². The van der Waals surface area contributed by atoms with Crippen molar-refractivity contribution in [1.82, 2.24) is 20.1 Å². The first-order valence-electron chi connectivity index (χ1n) is 11.7. The lowest BCUT2D eigenvalue weighted by Gasteiger charge is -2.31. The smallest absolute Gasteiger partial charge is 0.335 e. The number of aryl methyl sites for hydroxylation is 1. The van der Waals surface area contributed by atoms with Gasteiger partial charge >= 0.3 is 5.97 Å². The molecule has 0 spiro atoms. The van der Waals surface area contributed by atoms with Crippen LogP contribution in [0.25, 0.3) is 11.3 Å². The summed E-state index contributed by atoms with van der Waals surface area (Å²) >= 11 is 5.77. The summed E-state index contributed by atoms with van der Waals surface area (Å²) in [5, 5.41) is 13.4. The van der Waals surface area contributed by atoms with Crippen molar-refractivity contribution in [1.29, 1.82) is 0 Å². The Morgan fingerprint density at radius 1 is 1.17 bits per heavy atom. The molecule has 2 fully saturated rings. The molecule has 1 aromatic carbocycles. The number of carboxylic acid groups (broad SMARTS) is 1. The van der Waals surface area contributed by atoms with Gasteiger partial charge in [-0.15, -0.1) is 0 Å². The van der Waals surface area contributed by atoms with E-state index in [1.807, 2.05) is 37.3 Å². The van der Waals surface area contributed by atoms with Gasteiger partial charge in [-0.3, -0.25) is 9.88 Å². The Morgan fingerprint density at radius 2 is 2.00 bits per heavy atom. The molecule has 2 N–H and O–H groups in total. The molecule has 2 aliphatic heterocycles. The van der Waals surface area contributed by atoms with Crippen LogP contribution in [0.2, 0.25) is 0 Å². The summed E-state index contributed by atoms with van der Waals surface area (Å²) < 4.78 is 11.9. The zero-order valence-corrected chi connectivity index (χ0v) is 20.3. The topological polar surface area (TPSA) is 91.1 Å². The minimum absolute atomic E-state index is 0.150. The largest absolute Gasteiger partial charge is 0.478 e. The van der Waals surface area contributed by atoms with Crippen LogP contribution in [0, 0.1) is 6.92 Å². The maximum atomic E-state index is 11.3. The van der Waals surface area contributed by atoms with Crippen molar-refractivity contribution in [2.75, 3.05) is 39.4 Å². The van der Waals surface area contributed by atoms with Crippen molar-refractivity contribution in [3.63, 3.8) is 0 Å². The number of hydrogen-bond donors (Lipinski definition) is 2. The quantitative estimate of drug-likeness (QED) is 0.480. The lowest BCUT2D eigenvalue weighted by atomic mass is 10.0. The SMILES string of the molecule is Cc1cc(C(=O)O)ccc1-c1ccc([C@H]2[C@@H](c3ccccn3)NC(=S)N2CCN2CCOCC2)o1. The van der Waals surface area contributed by atoms with Crippen molar-refractivity contribution in [2.45, 2.75) is 19.0 Å². The van der Waals surface area contributed by atoms with Crippen LogP contribution in [0.15, 0.2) is 59.1 Å². The second-order valence-corrected chi connectivity index (χ2v) is 9.20. The number of nitrogens with zero attached hydrogens (tertiary/aromatic N) is 3. The van der Waals surface area contributed by atoms with Crippen LogP contribution in [0.1, 0.15) is 39.5 Å². The predicted octanol–water partition coefficient (Wildman–Crippen LogP) is 3.65. The van der Waals surface area contributed by atoms with Gasteiger partial charge in [0.2, 0.25) is 0 Å². The van der Waals surface area contributed by atoms with Gasteiger partial charge in [0.25, 0.3) is 0 Å². The van der Waals surface area contributed by atoms with Gasteiger partial charge in [-0.25, -0.2) is 4.79 Å². The number of hydrogen-bond acceptors (Lipinski definition) is 6.